The normalized spacial score (nSPS) is 8.94. The summed E-state index contributed by atoms with van der Waals surface area (Å²) in [4.78, 5) is 3.88. The van der Waals surface area contributed by atoms with Gasteiger partial charge in [-0.3, -0.25) is 0 Å². The summed E-state index contributed by atoms with van der Waals surface area (Å²) in [6.45, 7) is 4.21. The van der Waals surface area contributed by atoms with E-state index in [0.717, 1.165) is 0 Å². The van der Waals surface area contributed by atoms with E-state index in [0.29, 0.717) is 5.88 Å². The summed E-state index contributed by atoms with van der Waals surface area (Å²) in [7, 11) is 1.60. The van der Waals surface area contributed by atoms with Gasteiger partial charge in [-0.15, -0.1) is 0 Å². The minimum Gasteiger partial charge on any atom is -0.481 e. The van der Waals surface area contributed by atoms with Gasteiger partial charge in [-0.2, -0.15) is 0 Å². The summed E-state index contributed by atoms with van der Waals surface area (Å²) >= 11 is 0. The van der Waals surface area contributed by atoms with Crippen LogP contribution in [0.15, 0.2) is 48.7 Å². The van der Waals surface area contributed by atoms with Crippen molar-refractivity contribution in [1.82, 2.24) is 4.98 Å². The van der Waals surface area contributed by atoms with Crippen molar-refractivity contribution >= 4 is 0 Å². The van der Waals surface area contributed by atoms with E-state index in [-0.39, 0.29) is 0 Å². The number of pyridine rings is 1. The van der Waals surface area contributed by atoms with Gasteiger partial charge in [0.2, 0.25) is 5.88 Å². The second-order valence-electron chi connectivity index (χ2n) is 3.53. The predicted molar refractivity (Wildman–Crippen MR) is 66.7 cm³/mol. The zero-order chi connectivity index (χ0) is 11.8. The number of benzene rings is 1. The van der Waals surface area contributed by atoms with Crippen LogP contribution in [-0.2, 0) is 0 Å². The molecule has 0 saturated heterocycles. The van der Waals surface area contributed by atoms with E-state index in [2.05, 4.69) is 43.1 Å². The first-order valence-electron chi connectivity index (χ1n) is 5.20. The zero-order valence-corrected chi connectivity index (χ0v) is 9.97. The molecule has 0 amide bonds. The fourth-order valence-corrected chi connectivity index (χ4v) is 1.27. The molecule has 0 spiro atoms. The summed E-state index contributed by atoms with van der Waals surface area (Å²) in [6.07, 6.45) is 1.69. The molecular formula is C14H17NO. The van der Waals surface area contributed by atoms with Gasteiger partial charge >= 0.3 is 0 Å². The van der Waals surface area contributed by atoms with Gasteiger partial charge in [0.15, 0.2) is 0 Å². The monoisotopic (exact) mass is 215 g/mol. The van der Waals surface area contributed by atoms with Crippen LogP contribution in [-0.4, -0.2) is 12.1 Å². The summed E-state index contributed by atoms with van der Waals surface area (Å²) in [6, 6.07) is 14.0. The summed E-state index contributed by atoms with van der Waals surface area (Å²) in [5.41, 5.74) is 2.68. The average molecular weight is 215 g/mol. The highest BCUT2D eigenvalue weighted by Gasteiger charge is 1.82. The van der Waals surface area contributed by atoms with Crippen LogP contribution in [0.25, 0.3) is 0 Å². The van der Waals surface area contributed by atoms with Crippen molar-refractivity contribution in [3.63, 3.8) is 0 Å². The van der Waals surface area contributed by atoms with Crippen molar-refractivity contribution in [2.24, 2.45) is 0 Å². The SMILES string of the molecule is COc1ccccn1.Cc1cccc(C)c1. The number of aromatic nitrogens is 1. The third-order valence-corrected chi connectivity index (χ3v) is 2.02. The van der Waals surface area contributed by atoms with E-state index in [1.54, 1.807) is 19.4 Å². The fraction of sp³-hybridized carbons (Fsp3) is 0.214. The number of hydrogen-bond acceptors (Lipinski definition) is 2. The van der Waals surface area contributed by atoms with Crippen molar-refractivity contribution in [2.45, 2.75) is 13.8 Å². The van der Waals surface area contributed by atoms with Gasteiger partial charge in [-0.05, 0) is 19.9 Å². The first kappa shape index (κ1) is 12.2. The Kier molecular flexibility index (Phi) is 5.06. The van der Waals surface area contributed by atoms with E-state index in [1.807, 2.05) is 12.1 Å². The highest BCUT2D eigenvalue weighted by atomic mass is 16.5. The minimum absolute atomic E-state index is 0.660. The van der Waals surface area contributed by atoms with E-state index < -0.39 is 0 Å². The Hall–Kier alpha value is -1.83. The van der Waals surface area contributed by atoms with E-state index >= 15 is 0 Å². The molecular weight excluding hydrogens is 198 g/mol. The molecule has 0 N–H and O–H groups in total. The Morgan fingerprint density at radius 1 is 0.938 bits per heavy atom. The first-order chi connectivity index (χ1) is 7.72. The molecule has 16 heavy (non-hydrogen) atoms. The maximum atomic E-state index is 4.80. The lowest BCUT2D eigenvalue weighted by molar-refractivity contribution is 0.398. The maximum Gasteiger partial charge on any atom is 0.212 e. The number of aryl methyl sites for hydroxylation is 2. The van der Waals surface area contributed by atoms with Crippen molar-refractivity contribution in [2.75, 3.05) is 7.11 Å². The van der Waals surface area contributed by atoms with Crippen LogP contribution in [0, 0.1) is 13.8 Å². The minimum atomic E-state index is 0.660. The molecule has 0 aliphatic rings. The van der Waals surface area contributed by atoms with Crippen LogP contribution < -0.4 is 4.74 Å². The molecule has 1 aromatic carbocycles. The number of hydrogen-bond donors (Lipinski definition) is 0. The van der Waals surface area contributed by atoms with E-state index in [9.17, 15) is 0 Å². The Labute approximate surface area is 96.9 Å². The average Bonchev–Trinajstić information content (AvgIpc) is 2.31. The van der Waals surface area contributed by atoms with Gasteiger partial charge in [0, 0.05) is 12.3 Å². The van der Waals surface area contributed by atoms with Crippen molar-refractivity contribution in [1.29, 1.82) is 0 Å². The standard InChI is InChI=1S/C8H10.C6H7NO/c1-7-4-3-5-8(2)6-7;1-8-6-4-2-3-5-7-6/h3-6H,1-2H3;2-5H,1H3. The smallest absolute Gasteiger partial charge is 0.212 e. The third kappa shape index (κ3) is 4.60. The largest absolute Gasteiger partial charge is 0.481 e. The van der Waals surface area contributed by atoms with Crippen molar-refractivity contribution < 1.29 is 4.74 Å². The molecule has 0 radical (unpaired) electrons. The molecule has 84 valence electrons. The zero-order valence-electron chi connectivity index (χ0n) is 9.97. The van der Waals surface area contributed by atoms with Gasteiger partial charge in [-0.25, -0.2) is 4.98 Å². The maximum absolute atomic E-state index is 4.80. The molecule has 2 aromatic rings. The van der Waals surface area contributed by atoms with E-state index in [1.165, 1.54) is 11.1 Å². The summed E-state index contributed by atoms with van der Waals surface area (Å²) < 4.78 is 4.80. The predicted octanol–water partition coefficient (Wildman–Crippen LogP) is 3.39. The lowest BCUT2D eigenvalue weighted by Gasteiger charge is -1.92. The number of methoxy groups -OCH3 is 1. The van der Waals surface area contributed by atoms with Crippen LogP contribution in [0.3, 0.4) is 0 Å². The molecule has 2 nitrogen and oxygen atoms in total. The Morgan fingerprint density at radius 2 is 1.62 bits per heavy atom. The van der Waals surface area contributed by atoms with Gasteiger partial charge in [0.05, 0.1) is 7.11 Å². The highest BCUT2D eigenvalue weighted by Crippen LogP contribution is 2.00. The van der Waals surface area contributed by atoms with Crippen molar-refractivity contribution in [3.05, 3.63) is 59.8 Å². The van der Waals surface area contributed by atoms with Crippen LogP contribution >= 0.6 is 0 Å². The summed E-state index contributed by atoms with van der Waals surface area (Å²) in [5, 5.41) is 0. The van der Waals surface area contributed by atoms with Crippen LogP contribution in [0.1, 0.15) is 11.1 Å². The Balaban J connectivity index is 0.000000160. The molecule has 0 unspecified atom stereocenters. The number of ether oxygens (including phenoxy) is 1. The van der Waals surface area contributed by atoms with Crippen molar-refractivity contribution in [3.8, 4) is 5.88 Å². The van der Waals surface area contributed by atoms with Crippen LogP contribution in [0.4, 0.5) is 0 Å². The van der Waals surface area contributed by atoms with Crippen LogP contribution in [0.2, 0.25) is 0 Å². The third-order valence-electron chi connectivity index (χ3n) is 2.02. The van der Waals surface area contributed by atoms with Crippen LogP contribution in [0.5, 0.6) is 5.88 Å². The fourth-order valence-electron chi connectivity index (χ4n) is 1.27. The molecule has 0 bridgehead atoms. The topological polar surface area (TPSA) is 22.1 Å². The lowest BCUT2D eigenvalue weighted by Crippen LogP contribution is -1.83. The Morgan fingerprint density at radius 3 is 1.94 bits per heavy atom. The van der Waals surface area contributed by atoms with Gasteiger partial charge in [0.25, 0.3) is 0 Å². The molecule has 0 saturated carbocycles. The van der Waals surface area contributed by atoms with E-state index in [4.69, 9.17) is 4.74 Å². The van der Waals surface area contributed by atoms with Gasteiger partial charge < -0.3 is 4.74 Å². The molecule has 0 aliphatic carbocycles. The number of nitrogens with zero attached hydrogens (tertiary/aromatic N) is 1. The molecule has 0 fully saturated rings. The second-order valence-corrected chi connectivity index (χ2v) is 3.53. The first-order valence-corrected chi connectivity index (χ1v) is 5.20. The molecule has 1 aromatic heterocycles. The molecule has 0 aliphatic heterocycles. The highest BCUT2D eigenvalue weighted by molar-refractivity contribution is 5.20. The number of rotatable bonds is 1. The quantitative estimate of drug-likeness (QED) is 0.727. The second kappa shape index (κ2) is 6.62. The summed E-state index contributed by atoms with van der Waals surface area (Å²) in [5.74, 6) is 0.660. The molecule has 2 rings (SSSR count). The molecule has 2 heteroatoms. The Bertz CT molecular complexity index is 395. The van der Waals surface area contributed by atoms with Gasteiger partial charge in [-0.1, -0.05) is 41.5 Å². The lowest BCUT2D eigenvalue weighted by atomic mass is 10.2. The molecule has 1 heterocycles. The molecule has 0 atom stereocenters. The van der Waals surface area contributed by atoms with Gasteiger partial charge in [0.1, 0.15) is 0 Å².